The smallest absolute Gasteiger partial charge is 0.243 e. The summed E-state index contributed by atoms with van der Waals surface area (Å²) in [7, 11) is -3.54. The second kappa shape index (κ2) is 11.0. The molecular weight excluding hydrogens is 410 g/mol. The molecule has 0 aromatic heterocycles. The molecule has 2 amide bonds. The van der Waals surface area contributed by atoms with Crippen LogP contribution in [-0.2, 0) is 19.6 Å². The molecule has 162 valence electrons. The Morgan fingerprint density at radius 3 is 2.31 bits per heavy atom. The summed E-state index contributed by atoms with van der Waals surface area (Å²) in [4.78, 5) is 25.4. The molecule has 1 aliphatic heterocycles. The fourth-order valence-corrected chi connectivity index (χ4v) is 5.24. The van der Waals surface area contributed by atoms with Gasteiger partial charge < -0.3 is 10.6 Å². The molecule has 2 rings (SSSR count). The third kappa shape index (κ3) is 6.72. The minimum atomic E-state index is -3.54. The molecule has 1 heterocycles. The second-order valence-corrected chi connectivity index (χ2v) is 10.4. The largest absolute Gasteiger partial charge is 0.352 e. The molecule has 0 radical (unpaired) electrons. The molecule has 0 bridgehead atoms. The van der Waals surface area contributed by atoms with Gasteiger partial charge in [-0.3, -0.25) is 9.59 Å². The van der Waals surface area contributed by atoms with Crippen LogP contribution in [0, 0.1) is 5.92 Å². The number of sulfonamides is 1. The van der Waals surface area contributed by atoms with E-state index in [1.165, 1.54) is 4.31 Å². The molecule has 0 saturated carbocycles. The first-order chi connectivity index (χ1) is 13.8. The van der Waals surface area contributed by atoms with Gasteiger partial charge in [0.2, 0.25) is 21.8 Å². The number of thioether (sulfide) groups is 1. The molecular formula is C20H31N3O4S2. The summed E-state index contributed by atoms with van der Waals surface area (Å²) in [6, 6.07) is 7.77. The Bertz CT molecular complexity index is 776. The van der Waals surface area contributed by atoms with Crippen molar-refractivity contribution < 1.29 is 18.0 Å². The number of nitrogens with zero attached hydrogens (tertiary/aromatic N) is 1. The van der Waals surface area contributed by atoms with Gasteiger partial charge in [-0.25, -0.2) is 8.42 Å². The Kier molecular flexibility index (Phi) is 8.98. The molecule has 7 nitrogen and oxygen atoms in total. The van der Waals surface area contributed by atoms with Crippen molar-refractivity contribution in [2.45, 2.75) is 50.1 Å². The Balaban J connectivity index is 1.95. The van der Waals surface area contributed by atoms with Crippen LogP contribution in [-0.4, -0.2) is 61.7 Å². The Morgan fingerprint density at radius 1 is 1.14 bits per heavy atom. The van der Waals surface area contributed by atoms with Crippen LogP contribution < -0.4 is 10.6 Å². The highest BCUT2D eigenvalue weighted by Crippen LogP contribution is 2.24. The van der Waals surface area contributed by atoms with E-state index in [0.717, 1.165) is 5.75 Å². The zero-order chi connectivity index (χ0) is 21.4. The Labute approximate surface area is 178 Å². The topological polar surface area (TPSA) is 95.6 Å². The van der Waals surface area contributed by atoms with Crippen molar-refractivity contribution >= 4 is 33.6 Å². The first-order valence-electron chi connectivity index (χ1n) is 9.90. The molecule has 1 atom stereocenters. The van der Waals surface area contributed by atoms with Crippen LogP contribution in [0.5, 0.6) is 0 Å². The lowest BCUT2D eigenvalue weighted by molar-refractivity contribution is -0.132. The highest BCUT2D eigenvalue weighted by Gasteiger charge is 2.33. The van der Waals surface area contributed by atoms with Gasteiger partial charge in [-0.05, 0) is 57.3 Å². The van der Waals surface area contributed by atoms with Gasteiger partial charge in [-0.15, -0.1) is 0 Å². The number of nitrogens with one attached hydrogen (secondary N) is 2. The average molecular weight is 442 g/mol. The molecule has 0 aliphatic carbocycles. The number of carbonyl (C=O) groups is 2. The van der Waals surface area contributed by atoms with E-state index >= 15 is 0 Å². The van der Waals surface area contributed by atoms with Gasteiger partial charge in [-0.2, -0.15) is 16.1 Å². The van der Waals surface area contributed by atoms with Crippen LogP contribution in [0.3, 0.4) is 0 Å². The lowest BCUT2D eigenvalue weighted by Crippen LogP contribution is -2.51. The predicted molar refractivity (Wildman–Crippen MR) is 116 cm³/mol. The third-order valence-corrected chi connectivity index (χ3v) is 7.44. The number of amides is 2. The van der Waals surface area contributed by atoms with E-state index in [9.17, 15) is 18.0 Å². The van der Waals surface area contributed by atoms with Crippen molar-refractivity contribution in [3.05, 3.63) is 30.3 Å². The van der Waals surface area contributed by atoms with Crippen molar-refractivity contribution in [2.24, 2.45) is 5.92 Å². The molecule has 1 aromatic rings. The number of hydrogen-bond acceptors (Lipinski definition) is 5. The Morgan fingerprint density at radius 2 is 1.76 bits per heavy atom. The van der Waals surface area contributed by atoms with Crippen LogP contribution >= 0.6 is 11.8 Å². The van der Waals surface area contributed by atoms with Crippen LogP contribution in [0.1, 0.15) is 33.1 Å². The van der Waals surface area contributed by atoms with Crippen molar-refractivity contribution in [3.63, 3.8) is 0 Å². The summed E-state index contributed by atoms with van der Waals surface area (Å²) in [5.74, 6) is 0.128. The van der Waals surface area contributed by atoms with E-state index in [1.54, 1.807) is 42.1 Å². The van der Waals surface area contributed by atoms with Crippen molar-refractivity contribution in [2.75, 3.05) is 25.1 Å². The minimum Gasteiger partial charge on any atom is -0.352 e. The number of rotatable bonds is 9. The zero-order valence-corrected chi connectivity index (χ0v) is 18.9. The number of benzene rings is 1. The summed E-state index contributed by atoms with van der Waals surface area (Å²) >= 11 is 1.63. The summed E-state index contributed by atoms with van der Waals surface area (Å²) < 4.78 is 26.9. The zero-order valence-electron chi connectivity index (χ0n) is 17.3. The van der Waals surface area contributed by atoms with Gasteiger partial charge in [0, 0.05) is 25.0 Å². The Hall–Kier alpha value is -1.58. The predicted octanol–water partition coefficient (Wildman–Crippen LogP) is 1.85. The van der Waals surface area contributed by atoms with E-state index in [1.807, 2.05) is 20.1 Å². The molecule has 1 saturated heterocycles. The maximum Gasteiger partial charge on any atom is 0.243 e. The third-order valence-electron chi connectivity index (χ3n) is 4.88. The summed E-state index contributed by atoms with van der Waals surface area (Å²) in [5.41, 5.74) is 0. The standard InChI is InChI=1S/C20H31N3O4S2/c1-15(2)21-20(25)18(11-14-28-3)22-19(24)16-9-12-23(13-10-16)29(26,27)17-7-5-4-6-8-17/h4-8,15-16,18H,9-14H2,1-3H3,(H,21,25)(H,22,24)/t18-/m0/s1. The molecule has 29 heavy (non-hydrogen) atoms. The van der Waals surface area contributed by atoms with Gasteiger partial charge in [0.05, 0.1) is 4.90 Å². The molecule has 1 fully saturated rings. The molecule has 9 heteroatoms. The van der Waals surface area contributed by atoms with Gasteiger partial charge in [0.25, 0.3) is 0 Å². The fourth-order valence-electron chi connectivity index (χ4n) is 3.28. The maximum atomic E-state index is 12.7. The van der Waals surface area contributed by atoms with Crippen LogP contribution in [0.4, 0.5) is 0 Å². The summed E-state index contributed by atoms with van der Waals surface area (Å²) in [6.07, 6.45) is 3.41. The van der Waals surface area contributed by atoms with Crippen molar-refractivity contribution in [1.29, 1.82) is 0 Å². The highest BCUT2D eigenvalue weighted by molar-refractivity contribution is 7.98. The van der Waals surface area contributed by atoms with Crippen LogP contribution in [0.25, 0.3) is 0 Å². The molecule has 2 N–H and O–H groups in total. The van der Waals surface area contributed by atoms with E-state index < -0.39 is 16.1 Å². The van der Waals surface area contributed by atoms with Gasteiger partial charge in [0.15, 0.2) is 0 Å². The lowest BCUT2D eigenvalue weighted by Gasteiger charge is -2.31. The van der Waals surface area contributed by atoms with E-state index in [4.69, 9.17) is 0 Å². The molecule has 1 aliphatic rings. The monoisotopic (exact) mass is 441 g/mol. The lowest BCUT2D eigenvalue weighted by atomic mass is 9.96. The van der Waals surface area contributed by atoms with Crippen LogP contribution in [0.15, 0.2) is 35.2 Å². The first-order valence-corrected chi connectivity index (χ1v) is 12.7. The quantitative estimate of drug-likeness (QED) is 0.610. The molecule has 0 spiro atoms. The van der Waals surface area contributed by atoms with E-state index in [2.05, 4.69) is 10.6 Å². The second-order valence-electron chi connectivity index (χ2n) is 7.50. The summed E-state index contributed by atoms with van der Waals surface area (Å²) in [5, 5.41) is 5.73. The highest BCUT2D eigenvalue weighted by atomic mass is 32.2. The molecule has 0 unspecified atom stereocenters. The summed E-state index contributed by atoms with van der Waals surface area (Å²) in [6.45, 7) is 4.36. The number of piperidine rings is 1. The normalized spacial score (nSPS) is 17.1. The first kappa shape index (κ1) is 23.7. The van der Waals surface area contributed by atoms with Crippen LogP contribution in [0.2, 0.25) is 0 Å². The maximum absolute atomic E-state index is 12.7. The SMILES string of the molecule is CSCC[C@H](NC(=O)C1CCN(S(=O)(=O)c2ccccc2)CC1)C(=O)NC(C)C. The minimum absolute atomic E-state index is 0.00242. The van der Waals surface area contributed by atoms with Crippen molar-refractivity contribution in [3.8, 4) is 0 Å². The molecule has 1 aromatic carbocycles. The number of hydrogen-bond donors (Lipinski definition) is 2. The van der Waals surface area contributed by atoms with Gasteiger partial charge >= 0.3 is 0 Å². The van der Waals surface area contributed by atoms with Gasteiger partial charge in [0.1, 0.15) is 6.04 Å². The van der Waals surface area contributed by atoms with E-state index in [0.29, 0.717) is 32.4 Å². The van der Waals surface area contributed by atoms with Crippen molar-refractivity contribution in [1.82, 2.24) is 14.9 Å². The average Bonchev–Trinajstić information content (AvgIpc) is 2.71. The fraction of sp³-hybridized carbons (Fsp3) is 0.600. The van der Waals surface area contributed by atoms with Gasteiger partial charge in [-0.1, -0.05) is 18.2 Å². The number of carbonyl (C=O) groups excluding carboxylic acids is 2. The van der Waals surface area contributed by atoms with E-state index in [-0.39, 0.29) is 28.7 Å².